The van der Waals surface area contributed by atoms with Crippen molar-refractivity contribution in [3.05, 3.63) is 12.4 Å². The number of rotatable bonds is 5. The summed E-state index contributed by atoms with van der Waals surface area (Å²) < 4.78 is 7.17. The van der Waals surface area contributed by atoms with E-state index in [9.17, 15) is 4.79 Å². The number of aryl methyl sites for hydroxylation is 1. The van der Waals surface area contributed by atoms with Gasteiger partial charge in [0.05, 0.1) is 25.4 Å². The molecular weight excluding hydrogens is 196 g/mol. The number of aliphatic carboxylic acids is 1. The smallest absolute Gasteiger partial charge is 0.304 e. The zero-order valence-electron chi connectivity index (χ0n) is 8.64. The average molecular weight is 210 g/mol. The molecule has 1 saturated carbocycles. The Labute approximate surface area is 87.7 Å². The number of carboxylic acids is 1. The van der Waals surface area contributed by atoms with Gasteiger partial charge in [0, 0.05) is 12.5 Å². The molecule has 0 aromatic carbocycles. The van der Waals surface area contributed by atoms with Crippen LogP contribution in [0.3, 0.4) is 0 Å². The topological polar surface area (TPSA) is 64.3 Å². The fourth-order valence-corrected chi connectivity index (χ4v) is 1.58. The Bertz CT molecular complexity index is 368. The molecule has 1 heterocycles. The molecule has 5 heteroatoms. The molecule has 0 saturated heterocycles. The maximum absolute atomic E-state index is 10.6. The van der Waals surface area contributed by atoms with Crippen LogP contribution in [0.4, 0.5) is 0 Å². The lowest BCUT2D eigenvalue weighted by molar-refractivity contribution is -0.138. The summed E-state index contributed by atoms with van der Waals surface area (Å²) in [6, 6.07) is 0. The first-order chi connectivity index (χ1) is 7.10. The number of carboxylic acid groups (broad SMARTS) is 1. The third-order valence-electron chi connectivity index (χ3n) is 2.71. The summed E-state index contributed by atoms with van der Waals surface area (Å²) in [6.07, 6.45) is 5.50. The Hall–Kier alpha value is -1.52. The first-order valence-corrected chi connectivity index (χ1v) is 4.93. The van der Waals surface area contributed by atoms with Crippen LogP contribution in [0, 0.1) is 5.41 Å². The summed E-state index contributed by atoms with van der Waals surface area (Å²) in [5.41, 5.74) is -0.123. The minimum absolute atomic E-state index is 0.123. The minimum Gasteiger partial charge on any atom is -0.490 e. The van der Waals surface area contributed by atoms with Crippen LogP contribution in [0.2, 0.25) is 0 Å². The van der Waals surface area contributed by atoms with Crippen LogP contribution in [0.5, 0.6) is 5.75 Å². The second-order valence-electron chi connectivity index (χ2n) is 4.21. The molecule has 2 rings (SSSR count). The second kappa shape index (κ2) is 3.56. The van der Waals surface area contributed by atoms with Gasteiger partial charge in [-0.25, -0.2) is 0 Å². The Morgan fingerprint density at radius 3 is 2.93 bits per heavy atom. The zero-order chi connectivity index (χ0) is 10.9. The predicted molar refractivity (Wildman–Crippen MR) is 52.6 cm³/mol. The van der Waals surface area contributed by atoms with Crippen molar-refractivity contribution in [2.75, 3.05) is 6.61 Å². The van der Waals surface area contributed by atoms with Crippen molar-refractivity contribution in [2.24, 2.45) is 12.5 Å². The molecule has 1 aliphatic rings. The number of hydrogen-bond donors (Lipinski definition) is 1. The van der Waals surface area contributed by atoms with Crippen molar-refractivity contribution >= 4 is 5.97 Å². The molecule has 1 fully saturated rings. The molecule has 0 radical (unpaired) electrons. The standard InChI is InChI=1S/C10H14N2O3/c1-12-6-8(5-11-12)15-7-10(2-3-10)4-9(13)14/h5-6H,2-4,7H2,1H3,(H,13,14). The number of nitrogens with zero attached hydrogens (tertiary/aromatic N) is 2. The molecule has 1 aliphatic carbocycles. The lowest BCUT2D eigenvalue weighted by atomic mass is 10.0. The maximum atomic E-state index is 10.6. The fourth-order valence-electron chi connectivity index (χ4n) is 1.58. The molecule has 1 aromatic rings. The molecule has 0 amide bonds. The summed E-state index contributed by atoms with van der Waals surface area (Å²) in [6.45, 7) is 0.477. The molecule has 5 nitrogen and oxygen atoms in total. The Kier molecular flexibility index (Phi) is 2.38. The predicted octanol–water partition coefficient (Wildman–Crippen LogP) is 1.05. The van der Waals surface area contributed by atoms with Crippen LogP contribution >= 0.6 is 0 Å². The quantitative estimate of drug-likeness (QED) is 0.789. The summed E-state index contributed by atoms with van der Waals surface area (Å²) >= 11 is 0. The van der Waals surface area contributed by atoms with Gasteiger partial charge in [0.25, 0.3) is 0 Å². The first-order valence-electron chi connectivity index (χ1n) is 4.93. The normalized spacial score (nSPS) is 17.4. The first kappa shape index (κ1) is 10.0. The highest BCUT2D eigenvalue weighted by Gasteiger charge is 2.45. The fraction of sp³-hybridized carbons (Fsp3) is 0.600. The Morgan fingerprint density at radius 2 is 2.47 bits per heavy atom. The van der Waals surface area contributed by atoms with E-state index in [0.717, 1.165) is 12.8 Å². The maximum Gasteiger partial charge on any atom is 0.304 e. The van der Waals surface area contributed by atoms with Crippen molar-refractivity contribution in [3.8, 4) is 5.75 Å². The van der Waals surface area contributed by atoms with Gasteiger partial charge in [-0.05, 0) is 12.8 Å². The van der Waals surface area contributed by atoms with E-state index in [1.54, 1.807) is 17.1 Å². The lowest BCUT2D eigenvalue weighted by Gasteiger charge is -2.12. The summed E-state index contributed by atoms with van der Waals surface area (Å²) in [4.78, 5) is 10.6. The molecule has 1 aromatic heterocycles. The van der Waals surface area contributed by atoms with Gasteiger partial charge in [0.2, 0.25) is 0 Å². The van der Waals surface area contributed by atoms with E-state index in [-0.39, 0.29) is 11.8 Å². The summed E-state index contributed by atoms with van der Waals surface area (Å²) in [5.74, 6) is -0.0450. The van der Waals surface area contributed by atoms with Crippen molar-refractivity contribution in [1.82, 2.24) is 9.78 Å². The monoisotopic (exact) mass is 210 g/mol. The van der Waals surface area contributed by atoms with E-state index in [1.165, 1.54) is 0 Å². The van der Waals surface area contributed by atoms with Crippen LogP contribution in [-0.4, -0.2) is 27.5 Å². The molecule has 0 spiro atoms. The van der Waals surface area contributed by atoms with E-state index in [4.69, 9.17) is 9.84 Å². The van der Waals surface area contributed by atoms with Crippen molar-refractivity contribution in [2.45, 2.75) is 19.3 Å². The zero-order valence-corrected chi connectivity index (χ0v) is 8.64. The Morgan fingerprint density at radius 1 is 1.73 bits per heavy atom. The lowest BCUT2D eigenvalue weighted by Crippen LogP contribution is -2.17. The van der Waals surface area contributed by atoms with Gasteiger partial charge in [-0.15, -0.1) is 0 Å². The number of hydrogen-bond acceptors (Lipinski definition) is 3. The van der Waals surface area contributed by atoms with Crippen molar-refractivity contribution in [1.29, 1.82) is 0 Å². The van der Waals surface area contributed by atoms with E-state index in [1.807, 2.05) is 7.05 Å². The van der Waals surface area contributed by atoms with Gasteiger partial charge in [0.15, 0.2) is 5.75 Å². The van der Waals surface area contributed by atoms with Gasteiger partial charge in [-0.1, -0.05) is 0 Å². The van der Waals surface area contributed by atoms with Crippen LogP contribution < -0.4 is 4.74 Å². The van der Waals surface area contributed by atoms with Crippen LogP contribution in [0.1, 0.15) is 19.3 Å². The van der Waals surface area contributed by atoms with Crippen LogP contribution in [0.15, 0.2) is 12.4 Å². The molecule has 0 bridgehead atoms. The van der Waals surface area contributed by atoms with Gasteiger partial charge in [-0.3, -0.25) is 9.48 Å². The van der Waals surface area contributed by atoms with Crippen LogP contribution in [0.25, 0.3) is 0 Å². The van der Waals surface area contributed by atoms with Gasteiger partial charge in [-0.2, -0.15) is 5.10 Å². The molecule has 0 aliphatic heterocycles. The minimum atomic E-state index is -0.748. The van der Waals surface area contributed by atoms with Gasteiger partial charge in [0.1, 0.15) is 0 Å². The van der Waals surface area contributed by atoms with E-state index in [2.05, 4.69) is 5.10 Å². The molecule has 82 valence electrons. The molecular formula is C10H14N2O3. The summed E-state index contributed by atoms with van der Waals surface area (Å²) in [5, 5.41) is 12.7. The van der Waals surface area contributed by atoms with Crippen LogP contribution in [-0.2, 0) is 11.8 Å². The van der Waals surface area contributed by atoms with E-state index >= 15 is 0 Å². The van der Waals surface area contributed by atoms with E-state index < -0.39 is 5.97 Å². The van der Waals surface area contributed by atoms with Gasteiger partial charge >= 0.3 is 5.97 Å². The average Bonchev–Trinajstić information content (AvgIpc) is 2.77. The highest BCUT2D eigenvalue weighted by atomic mass is 16.5. The summed E-state index contributed by atoms with van der Waals surface area (Å²) in [7, 11) is 1.82. The third-order valence-corrected chi connectivity index (χ3v) is 2.71. The number of carbonyl (C=O) groups is 1. The van der Waals surface area contributed by atoms with Crippen molar-refractivity contribution in [3.63, 3.8) is 0 Å². The third kappa shape index (κ3) is 2.49. The largest absolute Gasteiger partial charge is 0.490 e. The van der Waals surface area contributed by atoms with Gasteiger partial charge < -0.3 is 9.84 Å². The molecule has 0 atom stereocenters. The second-order valence-corrected chi connectivity index (χ2v) is 4.21. The Balaban J connectivity index is 1.85. The van der Waals surface area contributed by atoms with Crippen molar-refractivity contribution < 1.29 is 14.6 Å². The molecule has 1 N–H and O–H groups in total. The highest BCUT2D eigenvalue weighted by molar-refractivity contribution is 5.68. The SMILES string of the molecule is Cn1cc(OCC2(CC(=O)O)CC2)cn1. The molecule has 15 heavy (non-hydrogen) atoms. The van der Waals surface area contributed by atoms with E-state index in [0.29, 0.717) is 12.4 Å². The molecule has 0 unspecified atom stereocenters. The number of aromatic nitrogens is 2. The number of ether oxygens (including phenoxy) is 1. The highest BCUT2D eigenvalue weighted by Crippen LogP contribution is 2.48.